The number of aliphatic hydroxyl groups excluding tert-OH is 2. The van der Waals surface area contributed by atoms with Gasteiger partial charge in [0.25, 0.3) is 0 Å². The monoisotopic (exact) mass is 480 g/mol. The molecule has 0 heterocycles. The van der Waals surface area contributed by atoms with Gasteiger partial charge in [0, 0.05) is 23.7 Å². The van der Waals surface area contributed by atoms with Crippen LogP contribution >= 0.6 is 0 Å². The fourth-order valence-electron chi connectivity index (χ4n) is 8.25. The summed E-state index contributed by atoms with van der Waals surface area (Å²) in [6.07, 6.45) is 3.15. The Morgan fingerprint density at radius 1 is 1.03 bits per heavy atom. The molecule has 0 aromatic heterocycles. The van der Waals surface area contributed by atoms with Gasteiger partial charge < -0.3 is 30.6 Å². The van der Waals surface area contributed by atoms with E-state index in [2.05, 4.69) is 0 Å². The molecule has 6 N–H and O–H groups in total. The Kier molecular flexibility index (Phi) is 6.24. The van der Waals surface area contributed by atoms with Crippen LogP contribution in [0.2, 0.25) is 0 Å². The quantitative estimate of drug-likeness (QED) is 0.331. The Balaban J connectivity index is 1.65. The van der Waals surface area contributed by atoms with E-state index in [-0.39, 0.29) is 42.8 Å². The molecule has 0 aromatic carbocycles. The highest BCUT2D eigenvalue weighted by Gasteiger charge is 2.67. The van der Waals surface area contributed by atoms with Gasteiger partial charge >= 0.3 is 0 Å². The first-order valence-electron chi connectivity index (χ1n) is 13.0. The van der Waals surface area contributed by atoms with Gasteiger partial charge in [-0.05, 0) is 87.7 Å². The minimum absolute atomic E-state index is 0.0342. The van der Waals surface area contributed by atoms with Crippen LogP contribution in [0.1, 0.15) is 86.0 Å². The number of hydrogen-bond donors (Lipinski definition) is 6. The van der Waals surface area contributed by atoms with E-state index in [0.717, 1.165) is 12.0 Å². The van der Waals surface area contributed by atoms with Crippen molar-refractivity contribution >= 4 is 5.78 Å². The summed E-state index contributed by atoms with van der Waals surface area (Å²) in [4.78, 5) is 13.2. The maximum absolute atomic E-state index is 13.2. The van der Waals surface area contributed by atoms with Gasteiger partial charge in [-0.1, -0.05) is 20.8 Å². The van der Waals surface area contributed by atoms with E-state index >= 15 is 0 Å². The molecule has 0 spiro atoms. The van der Waals surface area contributed by atoms with E-state index in [0.29, 0.717) is 25.7 Å². The largest absolute Gasteiger partial charge is 0.390 e. The Labute approximate surface area is 202 Å². The molecule has 0 unspecified atom stereocenters. The highest BCUT2D eigenvalue weighted by molar-refractivity contribution is 5.95. The molecule has 0 aliphatic heterocycles. The molecule has 7 nitrogen and oxygen atoms in total. The van der Waals surface area contributed by atoms with E-state index in [1.54, 1.807) is 19.9 Å². The van der Waals surface area contributed by atoms with E-state index < -0.39 is 45.9 Å². The standard InChI is InChI=1S/C27H44O7/c1-15(27(33,34)11-10-23(2,3)31)16-7-9-26(32)18-12-20(28)19-13-21(29)22(30)14-24(19,4)17(18)6-8-25(16,26)5/h12,15-17,19,21-22,29-34H,6-11,13-14H2,1-5H3/t15-,16+,17-,19-,21+,22-,24+,25+,26+/m0/s1. The molecule has 9 atom stereocenters. The van der Waals surface area contributed by atoms with Crippen LogP contribution in [0.25, 0.3) is 0 Å². The van der Waals surface area contributed by atoms with Gasteiger partial charge in [0.2, 0.25) is 0 Å². The third-order valence-corrected chi connectivity index (χ3v) is 10.6. The summed E-state index contributed by atoms with van der Waals surface area (Å²) in [7, 11) is 0. The second-order valence-electron chi connectivity index (χ2n) is 13.1. The maximum Gasteiger partial charge on any atom is 0.165 e. The summed E-state index contributed by atoms with van der Waals surface area (Å²) in [5.74, 6) is -3.19. The second kappa shape index (κ2) is 8.09. The smallest absolute Gasteiger partial charge is 0.165 e. The van der Waals surface area contributed by atoms with E-state index in [9.17, 15) is 35.4 Å². The second-order valence-corrected chi connectivity index (χ2v) is 13.1. The molecule has 0 saturated heterocycles. The first-order chi connectivity index (χ1) is 15.5. The zero-order valence-corrected chi connectivity index (χ0v) is 21.3. The number of allylic oxidation sites excluding steroid dienone is 1. The lowest BCUT2D eigenvalue weighted by atomic mass is 9.45. The van der Waals surface area contributed by atoms with Gasteiger partial charge in [-0.3, -0.25) is 4.79 Å². The molecule has 3 saturated carbocycles. The molecule has 3 fully saturated rings. The Bertz CT molecular complexity index is 860. The first-order valence-corrected chi connectivity index (χ1v) is 13.0. The molecule has 7 heteroatoms. The molecule has 4 aliphatic rings. The van der Waals surface area contributed by atoms with Crippen LogP contribution in [0.5, 0.6) is 0 Å². The van der Waals surface area contributed by atoms with E-state index in [1.165, 1.54) is 0 Å². The topological polar surface area (TPSA) is 138 Å². The van der Waals surface area contributed by atoms with Crippen molar-refractivity contribution in [3.63, 3.8) is 0 Å². The van der Waals surface area contributed by atoms with Gasteiger partial charge in [-0.2, -0.15) is 0 Å². The Morgan fingerprint density at radius 3 is 2.29 bits per heavy atom. The van der Waals surface area contributed by atoms with Crippen molar-refractivity contribution in [1.82, 2.24) is 0 Å². The van der Waals surface area contributed by atoms with Crippen molar-refractivity contribution in [2.24, 2.45) is 34.5 Å². The molecule has 0 radical (unpaired) electrons. The zero-order chi connectivity index (χ0) is 25.5. The molecule has 0 aromatic rings. The van der Waals surface area contributed by atoms with Crippen LogP contribution in [0.3, 0.4) is 0 Å². The fraction of sp³-hybridized carbons (Fsp3) is 0.889. The Morgan fingerprint density at radius 2 is 1.68 bits per heavy atom. The van der Waals surface area contributed by atoms with Gasteiger partial charge in [-0.15, -0.1) is 0 Å². The Hall–Kier alpha value is -0.830. The van der Waals surface area contributed by atoms with Crippen LogP contribution in [0.4, 0.5) is 0 Å². The first kappa shape index (κ1) is 26.2. The summed E-state index contributed by atoms with van der Waals surface area (Å²) in [6, 6.07) is 0. The van der Waals surface area contributed by atoms with Gasteiger partial charge in [0.1, 0.15) is 0 Å². The lowest BCUT2D eigenvalue weighted by Gasteiger charge is -2.60. The van der Waals surface area contributed by atoms with Crippen LogP contribution < -0.4 is 0 Å². The summed E-state index contributed by atoms with van der Waals surface area (Å²) >= 11 is 0. The highest BCUT2D eigenvalue weighted by atomic mass is 16.5. The van der Waals surface area contributed by atoms with Gasteiger partial charge in [-0.25, -0.2) is 0 Å². The van der Waals surface area contributed by atoms with Gasteiger partial charge in [0.05, 0.1) is 23.4 Å². The zero-order valence-electron chi connectivity index (χ0n) is 21.3. The van der Waals surface area contributed by atoms with Crippen LogP contribution in [-0.4, -0.2) is 65.6 Å². The number of rotatable bonds is 5. The lowest BCUT2D eigenvalue weighted by molar-refractivity contribution is -0.231. The molecule has 4 rings (SSSR count). The highest BCUT2D eigenvalue weighted by Crippen LogP contribution is 2.68. The van der Waals surface area contributed by atoms with Crippen molar-refractivity contribution in [3.05, 3.63) is 11.6 Å². The minimum Gasteiger partial charge on any atom is -0.390 e. The third-order valence-electron chi connectivity index (χ3n) is 10.6. The molecule has 0 amide bonds. The number of ketones is 1. The number of carbonyl (C=O) groups is 1. The summed E-state index contributed by atoms with van der Waals surface area (Å²) < 4.78 is 0. The molecular weight excluding hydrogens is 436 g/mol. The van der Waals surface area contributed by atoms with Crippen LogP contribution in [0, 0.1) is 34.5 Å². The number of fused-ring (bicyclic) bond motifs is 5. The normalized spacial score (nSPS) is 45.8. The van der Waals surface area contributed by atoms with E-state index in [1.807, 2.05) is 20.8 Å². The average molecular weight is 481 g/mol. The van der Waals surface area contributed by atoms with E-state index in [4.69, 9.17) is 0 Å². The third kappa shape index (κ3) is 3.82. The number of aliphatic hydroxyl groups is 6. The summed E-state index contributed by atoms with van der Waals surface area (Å²) in [5.41, 5.74) is -2.65. The predicted molar refractivity (Wildman–Crippen MR) is 126 cm³/mol. The average Bonchev–Trinajstić information content (AvgIpc) is 2.99. The molecule has 194 valence electrons. The van der Waals surface area contributed by atoms with Crippen molar-refractivity contribution in [2.75, 3.05) is 0 Å². The van der Waals surface area contributed by atoms with Gasteiger partial charge in [0.15, 0.2) is 11.6 Å². The fourth-order valence-corrected chi connectivity index (χ4v) is 8.25. The SMILES string of the molecule is C[C@@H]([C@H]1CC[C@@]2(O)C3=CC(=O)[C@@H]4C[C@@H](O)[C@@H](O)C[C@]4(C)[C@H]3CC[C@]12C)C(O)(O)CCC(C)(C)O. The lowest BCUT2D eigenvalue weighted by Crippen LogP contribution is -2.61. The maximum atomic E-state index is 13.2. The van der Waals surface area contributed by atoms with Crippen LogP contribution in [-0.2, 0) is 4.79 Å². The number of carbonyl (C=O) groups excluding carboxylic acids is 1. The molecular formula is C27H44O7. The minimum atomic E-state index is -1.98. The van der Waals surface area contributed by atoms with Crippen LogP contribution in [0.15, 0.2) is 11.6 Å². The molecule has 34 heavy (non-hydrogen) atoms. The number of hydrogen-bond acceptors (Lipinski definition) is 7. The summed E-state index contributed by atoms with van der Waals surface area (Å²) in [6.45, 7) is 9.14. The molecule has 0 bridgehead atoms. The van der Waals surface area contributed by atoms with Crippen molar-refractivity contribution in [2.45, 2.75) is 115 Å². The van der Waals surface area contributed by atoms with Crippen molar-refractivity contribution in [1.29, 1.82) is 0 Å². The summed E-state index contributed by atoms with van der Waals surface area (Å²) in [5, 5.41) is 64.9. The van der Waals surface area contributed by atoms with Crippen molar-refractivity contribution in [3.8, 4) is 0 Å². The molecule has 4 aliphatic carbocycles. The van der Waals surface area contributed by atoms with Crippen molar-refractivity contribution < 1.29 is 35.4 Å². The predicted octanol–water partition coefficient (Wildman–Crippen LogP) is 2.06.